The van der Waals surface area contributed by atoms with E-state index in [4.69, 9.17) is 5.26 Å². The van der Waals surface area contributed by atoms with Crippen molar-refractivity contribution in [2.75, 3.05) is 0 Å². The topological polar surface area (TPSA) is 33.0 Å². The fourth-order valence-corrected chi connectivity index (χ4v) is 1.15. The van der Waals surface area contributed by atoms with Gasteiger partial charge in [-0.15, -0.1) is 13.2 Å². The van der Waals surface area contributed by atoms with Crippen LogP contribution in [0.3, 0.4) is 0 Å². The third-order valence-corrected chi connectivity index (χ3v) is 2.07. The molecule has 1 aromatic rings. The molecule has 86 valence electrons. The molecule has 0 bridgehead atoms. The van der Waals surface area contributed by atoms with Crippen LogP contribution in [0.1, 0.15) is 19.4 Å². The number of benzene rings is 1. The van der Waals surface area contributed by atoms with Crippen molar-refractivity contribution in [3.05, 3.63) is 29.8 Å². The van der Waals surface area contributed by atoms with Crippen LogP contribution in [0.2, 0.25) is 0 Å². The molecule has 1 rings (SSSR count). The normalized spacial score (nSPS) is 12.0. The number of nitrogens with zero attached hydrogens (tertiary/aromatic N) is 1. The Balaban J connectivity index is 3.02. The van der Waals surface area contributed by atoms with E-state index in [0.29, 0.717) is 5.56 Å². The van der Waals surface area contributed by atoms with E-state index in [-0.39, 0.29) is 5.75 Å². The van der Waals surface area contributed by atoms with Crippen molar-refractivity contribution in [1.82, 2.24) is 0 Å². The van der Waals surface area contributed by atoms with Crippen LogP contribution in [0.15, 0.2) is 24.3 Å². The summed E-state index contributed by atoms with van der Waals surface area (Å²) in [4.78, 5) is 0. The van der Waals surface area contributed by atoms with E-state index in [2.05, 4.69) is 4.74 Å². The summed E-state index contributed by atoms with van der Waals surface area (Å²) in [6, 6.07) is 7.44. The fourth-order valence-electron chi connectivity index (χ4n) is 1.15. The van der Waals surface area contributed by atoms with Crippen LogP contribution in [-0.2, 0) is 5.41 Å². The first-order chi connectivity index (χ1) is 7.24. The lowest BCUT2D eigenvalue weighted by molar-refractivity contribution is -0.274. The van der Waals surface area contributed by atoms with Crippen LogP contribution in [0.5, 0.6) is 5.75 Å². The van der Waals surface area contributed by atoms with Crippen molar-refractivity contribution in [2.45, 2.75) is 25.6 Å². The third-order valence-electron chi connectivity index (χ3n) is 2.07. The summed E-state index contributed by atoms with van der Waals surface area (Å²) in [5.74, 6) is -0.312. The second kappa shape index (κ2) is 4.05. The Morgan fingerprint density at radius 2 is 1.88 bits per heavy atom. The molecule has 5 heteroatoms. The number of rotatable bonds is 2. The molecule has 0 saturated carbocycles. The largest absolute Gasteiger partial charge is 0.573 e. The first kappa shape index (κ1) is 12.4. The molecule has 0 aromatic heterocycles. The van der Waals surface area contributed by atoms with E-state index in [0.717, 1.165) is 0 Å². The van der Waals surface area contributed by atoms with Gasteiger partial charge >= 0.3 is 6.36 Å². The van der Waals surface area contributed by atoms with E-state index in [1.807, 2.05) is 6.07 Å². The van der Waals surface area contributed by atoms with Gasteiger partial charge in [-0.3, -0.25) is 0 Å². The Morgan fingerprint density at radius 1 is 1.25 bits per heavy atom. The molecule has 0 atom stereocenters. The number of hydrogen-bond donors (Lipinski definition) is 0. The highest BCUT2D eigenvalue weighted by Crippen LogP contribution is 2.28. The lowest BCUT2D eigenvalue weighted by Gasteiger charge is -2.17. The molecule has 0 heterocycles. The van der Waals surface area contributed by atoms with Gasteiger partial charge in [-0.25, -0.2) is 0 Å². The van der Waals surface area contributed by atoms with E-state index < -0.39 is 11.8 Å². The van der Waals surface area contributed by atoms with E-state index in [9.17, 15) is 13.2 Å². The Kier molecular flexibility index (Phi) is 3.13. The maximum Gasteiger partial charge on any atom is 0.573 e. The van der Waals surface area contributed by atoms with Gasteiger partial charge in [0.25, 0.3) is 0 Å². The highest BCUT2D eigenvalue weighted by molar-refractivity contribution is 5.36. The van der Waals surface area contributed by atoms with Gasteiger partial charge in [-0.1, -0.05) is 12.1 Å². The molecule has 0 N–H and O–H groups in total. The Labute approximate surface area is 91.3 Å². The molecule has 0 saturated heterocycles. The Morgan fingerprint density at radius 3 is 2.38 bits per heavy atom. The molecule has 0 aliphatic rings. The van der Waals surface area contributed by atoms with Crippen LogP contribution in [0, 0.1) is 11.3 Å². The van der Waals surface area contributed by atoms with Crippen LogP contribution in [-0.4, -0.2) is 6.36 Å². The predicted molar refractivity (Wildman–Crippen MR) is 51.8 cm³/mol. The van der Waals surface area contributed by atoms with E-state index >= 15 is 0 Å². The number of alkyl halides is 3. The summed E-state index contributed by atoms with van der Waals surface area (Å²) in [7, 11) is 0. The zero-order chi connectivity index (χ0) is 12.4. The van der Waals surface area contributed by atoms with Crippen molar-refractivity contribution >= 4 is 0 Å². The minimum atomic E-state index is -4.71. The monoisotopic (exact) mass is 229 g/mol. The Hall–Kier alpha value is -1.70. The minimum absolute atomic E-state index is 0.312. The van der Waals surface area contributed by atoms with Gasteiger partial charge in [0.05, 0.1) is 11.5 Å². The zero-order valence-electron chi connectivity index (χ0n) is 8.80. The first-order valence-corrected chi connectivity index (χ1v) is 4.52. The first-order valence-electron chi connectivity index (χ1n) is 4.52. The van der Waals surface area contributed by atoms with Gasteiger partial charge in [0.1, 0.15) is 5.75 Å². The average molecular weight is 229 g/mol. The maximum atomic E-state index is 12.0. The second-order valence-corrected chi connectivity index (χ2v) is 3.81. The molecule has 16 heavy (non-hydrogen) atoms. The molecular weight excluding hydrogens is 219 g/mol. The molecule has 0 fully saturated rings. The third kappa shape index (κ3) is 3.16. The number of hydrogen-bond acceptors (Lipinski definition) is 2. The minimum Gasteiger partial charge on any atom is -0.406 e. The number of nitriles is 1. The standard InChI is InChI=1S/C11H10F3NO/c1-10(2,7-15)8-4-3-5-9(6-8)16-11(12,13)14/h3-6H,1-2H3. The summed E-state index contributed by atoms with van der Waals surface area (Å²) in [6.07, 6.45) is -4.71. The summed E-state index contributed by atoms with van der Waals surface area (Å²) < 4.78 is 39.7. The number of halogens is 3. The average Bonchev–Trinajstić information content (AvgIpc) is 2.15. The molecular formula is C11H10F3NO. The van der Waals surface area contributed by atoms with E-state index in [1.165, 1.54) is 18.2 Å². The Bertz CT molecular complexity index is 418. The van der Waals surface area contributed by atoms with Crippen LogP contribution in [0.4, 0.5) is 13.2 Å². The van der Waals surface area contributed by atoms with Gasteiger partial charge in [0, 0.05) is 0 Å². The lowest BCUT2D eigenvalue weighted by atomic mass is 9.86. The molecule has 0 unspecified atom stereocenters. The molecule has 0 amide bonds. The van der Waals surface area contributed by atoms with Gasteiger partial charge in [-0.05, 0) is 31.5 Å². The summed E-state index contributed by atoms with van der Waals surface area (Å²) in [6.45, 7) is 3.25. The predicted octanol–water partition coefficient (Wildman–Crippen LogP) is 3.39. The van der Waals surface area contributed by atoms with Crippen molar-refractivity contribution in [3.8, 4) is 11.8 Å². The lowest BCUT2D eigenvalue weighted by Crippen LogP contribution is -2.18. The van der Waals surface area contributed by atoms with Gasteiger partial charge in [-0.2, -0.15) is 5.26 Å². The van der Waals surface area contributed by atoms with Crippen LogP contribution >= 0.6 is 0 Å². The van der Waals surface area contributed by atoms with E-state index in [1.54, 1.807) is 19.9 Å². The summed E-state index contributed by atoms with van der Waals surface area (Å²) in [5.41, 5.74) is -0.359. The molecule has 0 spiro atoms. The van der Waals surface area contributed by atoms with Crippen molar-refractivity contribution in [2.24, 2.45) is 0 Å². The smallest absolute Gasteiger partial charge is 0.406 e. The molecule has 0 radical (unpaired) electrons. The maximum absolute atomic E-state index is 12.0. The van der Waals surface area contributed by atoms with Gasteiger partial charge < -0.3 is 4.74 Å². The zero-order valence-corrected chi connectivity index (χ0v) is 8.80. The van der Waals surface area contributed by atoms with Crippen LogP contribution in [0.25, 0.3) is 0 Å². The molecule has 1 aromatic carbocycles. The SMILES string of the molecule is CC(C)(C#N)c1cccc(OC(F)(F)F)c1. The van der Waals surface area contributed by atoms with Crippen molar-refractivity contribution in [1.29, 1.82) is 5.26 Å². The number of ether oxygens (including phenoxy) is 1. The molecule has 2 nitrogen and oxygen atoms in total. The van der Waals surface area contributed by atoms with Crippen molar-refractivity contribution < 1.29 is 17.9 Å². The van der Waals surface area contributed by atoms with Gasteiger partial charge in [0.15, 0.2) is 0 Å². The molecule has 0 aliphatic heterocycles. The summed E-state index contributed by atoms with van der Waals surface area (Å²) in [5, 5.41) is 8.86. The fraction of sp³-hybridized carbons (Fsp3) is 0.364. The highest BCUT2D eigenvalue weighted by Gasteiger charge is 2.31. The van der Waals surface area contributed by atoms with Crippen molar-refractivity contribution in [3.63, 3.8) is 0 Å². The second-order valence-electron chi connectivity index (χ2n) is 3.81. The summed E-state index contributed by atoms with van der Waals surface area (Å²) >= 11 is 0. The molecule has 0 aliphatic carbocycles. The van der Waals surface area contributed by atoms with Gasteiger partial charge in [0.2, 0.25) is 0 Å². The quantitative estimate of drug-likeness (QED) is 0.778. The van der Waals surface area contributed by atoms with Crippen LogP contribution < -0.4 is 4.74 Å². The highest BCUT2D eigenvalue weighted by atomic mass is 19.4.